The molecule has 58 heavy (non-hydrogen) atoms. The Bertz CT molecular complexity index is 1210. The van der Waals surface area contributed by atoms with E-state index in [-0.39, 0.29) is 74.0 Å². The van der Waals surface area contributed by atoms with Gasteiger partial charge in [0.25, 0.3) is 0 Å². The minimum absolute atomic E-state index is 0.0939. The molecule has 3 saturated heterocycles. The molecule has 3 aliphatic rings. The molecule has 0 saturated carbocycles. The molecule has 0 aromatic heterocycles. The Morgan fingerprint density at radius 2 is 0.655 bits per heavy atom. The average Bonchev–Trinajstić information content (AvgIpc) is 3.84. The van der Waals surface area contributed by atoms with Crippen LogP contribution in [0.1, 0.15) is 51.9 Å². The number of nitrogens with two attached hydrogens (primary N) is 2. The maximum Gasteiger partial charge on any atom is 0.229 e. The first kappa shape index (κ1) is 49.4. The van der Waals surface area contributed by atoms with Crippen LogP contribution in [0.2, 0.25) is 0 Å². The molecule has 19 heteroatoms. The van der Waals surface area contributed by atoms with E-state index < -0.39 is 0 Å². The van der Waals surface area contributed by atoms with Crippen molar-refractivity contribution in [1.82, 2.24) is 55.6 Å². The highest BCUT2D eigenvalue weighted by molar-refractivity contribution is 6.03. The number of hydrogen-bond donors (Lipinski definition) is 6. The Morgan fingerprint density at radius 3 is 0.966 bits per heavy atom. The second kappa shape index (κ2) is 29.3. The van der Waals surface area contributed by atoms with Gasteiger partial charge in [-0.15, -0.1) is 0 Å². The third-order valence-electron chi connectivity index (χ3n) is 10.9. The van der Waals surface area contributed by atoms with Crippen molar-refractivity contribution >= 4 is 35.4 Å². The standard InChI is InChI=1S/C39H75N13O6/c1-2-11-42-14-19-48(30-32-51-36(55)5-6-37(51)56)28-27-47(22-17-45-18-23-50-34(53)3-4-35(50)54)25-24-46(20-15-43-12-9-40)26-29-49(21-16-44-13-10-41)31-33-52-38(57)7-8-39(52)58/h42-45H,2-33,40-41H2,1H3. The van der Waals surface area contributed by atoms with Gasteiger partial charge in [-0.05, 0) is 13.0 Å². The van der Waals surface area contributed by atoms with Crippen molar-refractivity contribution in [3.8, 4) is 0 Å². The van der Waals surface area contributed by atoms with Gasteiger partial charge >= 0.3 is 0 Å². The molecule has 0 bridgehead atoms. The maximum absolute atomic E-state index is 12.4. The number of hydrogen-bond acceptors (Lipinski definition) is 16. The number of nitrogens with one attached hydrogen (secondary N) is 4. The summed E-state index contributed by atoms with van der Waals surface area (Å²) in [7, 11) is 0. The fourth-order valence-electron chi connectivity index (χ4n) is 7.31. The minimum Gasteiger partial charge on any atom is -0.329 e. The predicted molar refractivity (Wildman–Crippen MR) is 224 cm³/mol. The van der Waals surface area contributed by atoms with E-state index in [1.54, 1.807) is 0 Å². The van der Waals surface area contributed by atoms with Crippen LogP contribution in [0.4, 0.5) is 0 Å². The van der Waals surface area contributed by atoms with E-state index in [1.165, 1.54) is 14.7 Å². The number of carbonyl (C=O) groups is 6. The lowest BCUT2D eigenvalue weighted by Gasteiger charge is -2.32. The summed E-state index contributed by atoms with van der Waals surface area (Å²) in [5, 5.41) is 13.7. The SMILES string of the molecule is CCCNCCN(CCN(CCNCCN1C(=O)CCC1=O)CCN(CCNCCN)CCN(CCNCCN)CCN1C(=O)CCC1=O)CCN1C(=O)CCC1=O. The molecule has 0 aromatic rings. The third kappa shape index (κ3) is 18.9. The van der Waals surface area contributed by atoms with E-state index >= 15 is 0 Å². The summed E-state index contributed by atoms with van der Waals surface area (Å²) in [6.45, 7) is 19.4. The fraction of sp³-hybridized carbons (Fsp3) is 0.846. The lowest BCUT2D eigenvalue weighted by Crippen LogP contribution is -2.48. The van der Waals surface area contributed by atoms with Crippen LogP contribution >= 0.6 is 0 Å². The van der Waals surface area contributed by atoms with E-state index in [9.17, 15) is 28.8 Å². The van der Waals surface area contributed by atoms with Gasteiger partial charge in [0.2, 0.25) is 35.4 Å². The molecule has 3 aliphatic heterocycles. The van der Waals surface area contributed by atoms with Crippen molar-refractivity contribution in [2.24, 2.45) is 11.5 Å². The second-order valence-corrected chi connectivity index (χ2v) is 15.3. The molecule has 0 atom stereocenters. The van der Waals surface area contributed by atoms with Gasteiger partial charge in [0, 0.05) is 196 Å². The highest BCUT2D eigenvalue weighted by Gasteiger charge is 2.30. The quantitative estimate of drug-likeness (QED) is 0.0265. The van der Waals surface area contributed by atoms with Crippen molar-refractivity contribution in [3.63, 3.8) is 0 Å². The fourth-order valence-corrected chi connectivity index (χ4v) is 7.31. The highest BCUT2D eigenvalue weighted by Crippen LogP contribution is 2.13. The van der Waals surface area contributed by atoms with Crippen LogP contribution in [0.25, 0.3) is 0 Å². The molecule has 3 heterocycles. The number of likely N-dealkylation sites (tertiary alicyclic amines) is 3. The largest absolute Gasteiger partial charge is 0.329 e. The van der Waals surface area contributed by atoms with Crippen LogP contribution in [0.5, 0.6) is 0 Å². The molecule has 0 radical (unpaired) electrons. The molecular weight excluding hydrogens is 747 g/mol. The summed E-state index contributed by atoms with van der Waals surface area (Å²) >= 11 is 0. The first-order chi connectivity index (χ1) is 28.2. The Morgan fingerprint density at radius 1 is 0.379 bits per heavy atom. The zero-order chi connectivity index (χ0) is 42.0. The molecule has 0 aromatic carbocycles. The molecule has 8 N–H and O–H groups in total. The topological polar surface area (TPSA) is 225 Å². The smallest absolute Gasteiger partial charge is 0.229 e. The van der Waals surface area contributed by atoms with Crippen LogP contribution in [-0.2, 0) is 28.8 Å². The Balaban J connectivity index is 1.66. The number of nitrogens with zero attached hydrogens (tertiary/aromatic N) is 7. The van der Waals surface area contributed by atoms with Crippen molar-refractivity contribution in [3.05, 3.63) is 0 Å². The van der Waals surface area contributed by atoms with E-state index in [1.807, 2.05) is 0 Å². The van der Waals surface area contributed by atoms with Crippen LogP contribution < -0.4 is 32.7 Å². The summed E-state index contributed by atoms with van der Waals surface area (Å²) in [6, 6.07) is 0. The zero-order valence-electron chi connectivity index (χ0n) is 35.4. The van der Waals surface area contributed by atoms with Crippen molar-refractivity contribution in [1.29, 1.82) is 0 Å². The third-order valence-corrected chi connectivity index (χ3v) is 10.9. The van der Waals surface area contributed by atoms with Crippen molar-refractivity contribution in [2.75, 3.05) is 164 Å². The monoisotopic (exact) mass is 822 g/mol. The van der Waals surface area contributed by atoms with E-state index in [0.717, 1.165) is 111 Å². The molecular formula is C39H75N13O6. The molecule has 0 aliphatic carbocycles. The molecule has 6 amide bonds. The Labute approximate surface area is 346 Å². The molecule has 332 valence electrons. The normalized spacial score (nSPS) is 16.5. The summed E-state index contributed by atoms with van der Waals surface area (Å²) < 4.78 is 0. The van der Waals surface area contributed by atoms with Crippen molar-refractivity contribution in [2.45, 2.75) is 51.9 Å². The summed E-state index contributed by atoms with van der Waals surface area (Å²) in [5.74, 6) is -0.597. The first-order valence-electron chi connectivity index (χ1n) is 21.8. The van der Waals surface area contributed by atoms with Crippen LogP contribution in [0, 0.1) is 0 Å². The van der Waals surface area contributed by atoms with Crippen LogP contribution in [0.15, 0.2) is 0 Å². The molecule has 0 unspecified atom stereocenters. The number of rotatable bonds is 36. The lowest BCUT2D eigenvalue weighted by molar-refractivity contribution is -0.140. The zero-order valence-corrected chi connectivity index (χ0v) is 35.4. The van der Waals surface area contributed by atoms with Gasteiger partial charge in [0.15, 0.2) is 0 Å². The van der Waals surface area contributed by atoms with Crippen LogP contribution in [0.3, 0.4) is 0 Å². The second-order valence-electron chi connectivity index (χ2n) is 15.3. The average molecular weight is 822 g/mol. The Hall–Kier alpha value is -2.98. The summed E-state index contributed by atoms with van der Waals surface area (Å²) in [6.07, 6.45) is 2.77. The van der Waals surface area contributed by atoms with Gasteiger partial charge in [0.1, 0.15) is 0 Å². The maximum atomic E-state index is 12.4. The van der Waals surface area contributed by atoms with Gasteiger partial charge in [-0.25, -0.2) is 0 Å². The molecule has 3 rings (SSSR count). The van der Waals surface area contributed by atoms with Gasteiger partial charge < -0.3 is 32.7 Å². The summed E-state index contributed by atoms with van der Waals surface area (Å²) in [4.78, 5) is 87.3. The first-order valence-corrected chi connectivity index (χ1v) is 21.8. The Kier molecular flexibility index (Phi) is 24.9. The molecule has 3 fully saturated rings. The minimum atomic E-state index is -0.108. The molecule has 19 nitrogen and oxygen atoms in total. The lowest BCUT2D eigenvalue weighted by atomic mass is 10.3. The van der Waals surface area contributed by atoms with E-state index in [0.29, 0.717) is 58.9 Å². The van der Waals surface area contributed by atoms with Gasteiger partial charge in [-0.3, -0.25) is 63.1 Å². The van der Waals surface area contributed by atoms with Gasteiger partial charge in [0.05, 0.1) is 0 Å². The highest BCUT2D eigenvalue weighted by atomic mass is 16.2. The predicted octanol–water partition coefficient (Wildman–Crippen LogP) is -3.67. The number of imide groups is 3. The van der Waals surface area contributed by atoms with Crippen LogP contribution in [-0.4, -0.2) is 233 Å². The summed E-state index contributed by atoms with van der Waals surface area (Å²) in [5.41, 5.74) is 11.5. The van der Waals surface area contributed by atoms with E-state index in [4.69, 9.17) is 11.5 Å². The number of amides is 6. The van der Waals surface area contributed by atoms with Gasteiger partial charge in [-0.1, -0.05) is 6.92 Å². The molecule has 0 spiro atoms. The van der Waals surface area contributed by atoms with Crippen molar-refractivity contribution < 1.29 is 28.8 Å². The van der Waals surface area contributed by atoms with Gasteiger partial charge in [-0.2, -0.15) is 0 Å². The van der Waals surface area contributed by atoms with E-state index in [2.05, 4.69) is 47.8 Å². The number of carbonyl (C=O) groups excluding carboxylic acids is 6.